The van der Waals surface area contributed by atoms with Gasteiger partial charge in [-0.15, -0.1) is 0 Å². The lowest BCUT2D eigenvalue weighted by atomic mass is 10.1. The minimum Gasteiger partial charge on any atom is -0.345 e. The normalized spacial score (nSPS) is 12.1. The lowest BCUT2D eigenvalue weighted by molar-refractivity contribution is -0.132. The summed E-state index contributed by atoms with van der Waals surface area (Å²) in [6.07, 6.45) is 1.58. The third-order valence-electron chi connectivity index (χ3n) is 3.48. The number of likely N-dealkylation sites (N-methyl/N-ethyl adjacent to an activating group) is 1. The quantitative estimate of drug-likeness (QED) is 0.876. The van der Waals surface area contributed by atoms with Crippen molar-refractivity contribution in [1.29, 1.82) is 0 Å². The first-order valence-corrected chi connectivity index (χ1v) is 7.09. The van der Waals surface area contributed by atoms with Crippen molar-refractivity contribution in [3.05, 3.63) is 30.1 Å². The predicted molar refractivity (Wildman–Crippen MR) is 80.9 cm³/mol. The number of imidazole rings is 1. The van der Waals surface area contributed by atoms with Gasteiger partial charge in [0.25, 0.3) is 5.91 Å². The minimum absolute atomic E-state index is 0.0732. The van der Waals surface area contributed by atoms with Crippen molar-refractivity contribution in [3.63, 3.8) is 0 Å². The van der Waals surface area contributed by atoms with Crippen LogP contribution < -0.4 is 5.32 Å². The van der Waals surface area contributed by atoms with Crippen LogP contribution in [-0.4, -0.2) is 45.8 Å². The van der Waals surface area contributed by atoms with Crippen molar-refractivity contribution < 1.29 is 9.59 Å². The number of hydrogen-bond donors (Lipinski definition) is 2. The van der Waals surface area contributed by atoms with Gasteiger partial charge >= 0.3 is 0 Å². The molecule has 2 amide bonds. The number of fused-ring (bicyclic) bond motifs is 1. The fourth-order valence-corrected chi connectivity index (χ4v) is 2.23. The molecule has 6 heteroatoms. The Hall–Kier alpha value is -2.37. The van der Waals surface area contributed by atoms with Gasteiger partial charge in [-0.1, -0.05) is 0 Å². The van der Waals surface area contributed by atoms with E-state index < -0.39 is 6.04 Å². The van der Waals surface area contributed by atoms with Gasteiger partial charge < -0.3 is 15.2 Å². The van der Waals surface area contributed by atoms with Crippen LogP contribution in [0.3, 0.4) is 0 Å². The van der Waals surface area contributed by atoms with E-state index in [1.165, 1.54) is 0 Å². The number of nitrogens with one attached hydrogen (secondary N) is 2. The molecule has 0 saturated carbocycles. The van der Waals surface area contributed by atoms with Gasteiger partial charge in [0.05, 0.1) is 17.4 Å². The van der Waals surface area contributed by atoms with Crippen molar-refractivity contribution >= 4 is 22.8 Å². The van der Waals surface area contributed by atoms with E-state index in [2.05, 4.69) is 15.3 Å². The van der Waals surface area contributed by atoms with Crippen molar-refractivity contribution in [3.8, 4) is 0 Å². The second-order valence-electron chi connectivity index (χ2n) is 4.84. The van der Waals surface area contributed by atoms with E-state index in [0.717, 1.165) is 11.0 Å². The Morgan fingerprint density at radius 1 is 1.33 bits per heavy atom. The Morgan fingerprint density at radius 2 is 2.05 bits per heavy atom. The summed E-state index contributed by atoms with van der Waals surface area (Å²) in [5.74, 6) is -0.338. The molecule has 0 spiro atoms. The summed E-state index contributed by atoms with van der Waals surface area (Å²) in [7, 11) is 0. The summed E-state index contributed by atoms with van der Waals surface area (Å²) >= 11 is 0. The van der Waals surface area contributed by atoms with Crippen LogP contribution in [0, 0.1) is 0 Å². The molecular weight excluding hydrogens is 268 g/mol. The highest BCUT2D eigenvalue weighted by Crippen LogP contribution is 2.11. The number of H-pyrrole nitrogens is 1. The largest absolute Gasteiger partial charge is 0.345 e. The first-order valence-electron chi connectivity index (χ1n) is 7.09. The van der Waals surface area contributed by atoms with Crippen LogP contribution in [-0.2, 0) is 4.79 Å². The standard InChI is InChI=1S/C15H20N4O2/c1-4-19(5-2)15(21)10(3)18-14(20)11-6-7-12-13(8-11)17-9-16-12/h6-10H,4-5H2,1-3H3,(H,16,17)(H,18,20). The Morgan fingerprint density at radius 3 is 2.71 bits per heavy atom. The molecule has 2 rings (SSSR count). The first-order chi connectivity index (χ1) is 10.1. The summed E-state index contributed by atoms with van der Waals surface area (Å²) in [5, 5.41) is 2.74. The fourth-order valence-electron chi connectivity index (χ4n) is 2.23. The van der Waals surface area contributed by atoms with E-state index in [-0.39, 0.29) is 11.8 Å². The van der Waals surface area contributed by atoms with E-state index in [1.54, 1.807) is 36.4 Å². The molecule has 2 N–H and O–H groups in total. The number of amides is 2. The number of hydrogen-bond acceptors (Lipinski definition) is 3. The predicted octanol–water partition coefficient (Wildman–Crippen LogP) is 1.55. The molecule has 0 aliphatic carbocycles. The Labute approximate surface area is 123 Å². The lowest BCUT2D eigenvalue weighted by Gasteiger charge is -2.23. The molecule has 0 radical (unpaired) electrons. The molecule has 1 atom stereocenters. The highest BCUT2D eigenvalue weighted by molar-refractivity contribution is 5.99. The van der Waals surface area contributed by atoms with Crippen LogP contribution >= 0.6 is 0 Å². The van der Waals surface area contributed by atoms with Gasteiger partial charge in [0.15, 0.2) is 0 Å². The molecule has 0 bridgehead atoms. The van der Waals surface area contributed by atoms with Gasteiger partial charge in [0.1, 0.15) is 6.04 Å². The maximum absolute atomic E-state index is 12.2. The zero-order chi connectivity index (χ0) is 15.4. The van der Waals surface area contributed by atoms with Crippen molar-refractivity contribution in [2.24, 2.45) is 0 Å². The minimum atomic E-state index is -0.546. The number of aromatic amines is 1. The summed E-state index contributed by atoms with van der Waals surface area (Å²) in [5.41, 5.74) is 2.11. The van der Waals surface area contributed by atoms with E-state index in [1.807, 2.05) is 13.8 Å². The van der Waals surface area contributed by atoms with E-state index in [9.17, 15) is 9.59 Å². The number of benzene rings is 1. The van der Waals surface area contributed by atoms with Crippen LogP contribution in [0.15, 0.2) is 24.5 Å². The van der Waals surface area contributed by atoms with E-state index in [0.29, 0.717) is 18.7 Å². The topological polar surface area (TPSA) is 78.1 Å². The fraction of sp³-hybridized carbons (Fsp3) is 0.400. The second-order valence-corrected chi connectivity index (χ2v) is 4.84. The molecule has 1 aromatic carbocycles. The molecular formula is C15H20N4O2. The van der Waals surface area contributed by atoms with Crippen molar-refractivity contribution in [1.82, 2.24) is 20.2 Å². The van der Waals surface area contributed by atoms with Gasteiger partial charge in [-0.3, -0.25) is 9.59 Å². The van der Waals surface area contributed by atoms with Crippen LogP contribution in [0.1, 0.15) is 31.1 Å². The van der Waals surface area contributed by atoms with Crippen molar-refractivity contribution in [2.75, 3.05) is 13.1 Å². The van der Waals surface area contributed by atoms with Gasteiger partial charge in [0, 0.05) is 18.7 Å². The van der Waals surface area contributed by atoms with Crippen molar-refractivity contribution in [2.45, 2.75) is 26.8 Å². The highest BCUT2D eigenvalue weighted by Gasteiger charge is 2.20. The smallest absolute Gasteiger partial charge is 0.251 e. The number of nitrogens with zero attached hydrogens (tertiary/aromatic N) is 2. The van der Waals surface area contributed by atoms with Crippen LogP contribution in [0.2, 0.25) is 0 Å². The van der Waals surface area contributed by atoms with Gasteiger partial charge in [-0.2, -0.15) is 0 Å². The van der Waals surface area contributed by atoms with Gasteiger partial charge in [0.2, 0.25) is 5.91 Å². The van der Waals surface area contributed by atoms with E-state index >= 15 is 0 Å². The number of carbonyl (C=O) groups is 2. The number of aromatic nitrogens is 2. The maximum Gasteiger partial charge on any atom is 0.251 e. The monoisotopic (exact) mass is 288 g/mol. The Kier molecular flexibility index (Phi) is 4.57. The first kappa shape index (κ1) is 15.0. The number of carbonyl (C=O) groups excluding carboxylic acids is 2. The number of rotatable bonds is 5. The summed E-state index contributed by atoms with van der Waals surface area (Å²) in [6.45, 7) is 6.81. The zero-order valence-corrected chi connectivity index (χ0v) is 12.5. The molecule has 21 heavy (non-hydrogen) atoms. The molecule has 0 fully saturated rings. The van der Waals surface area contributed by atoms with Gasteiger partial charge in [-0.05, 0) is 39.0 Å². The van der Waals surface area contributed by atoms with Crippen LogP contribution in [0.25, 0.3) is 11.0 Å². The molecule has 0 aliphatic rings. The maximum atomic E-state index is 12.2. The molecule has 2 aromatic rings. The van der Waals surface area contributed by atoms with Crippen LogP contribution in [0.4, 0.5) is 0 Å². The Balaban J connectivity index is 2.08. The summed E-state index contributed by atoms with van der Waals surface area (Å²) in [6, 6.07) is 4.66. The molecule has 112 valence electrons. The molecule has 1 unspecified atom stereocenters. The van der Waals surface area contributed by atoms with E-state index in [4.69, 9.17) is 0 Å². The highest BCUT2D eigenvalue weighted by atomic mass is 16.2. The second kappa shape index (κ2) is 6.39. The third kappa shape index (κ3) is 3.21. The molecule has 1 heterocycles. The molecule has 6 nitrogen and oxygen atoms in total. The SMILES string of the molecule is CCN(CC)C(=O)C(C)NC(=O)c1ccc2nc[nH]c2c1. The molecule has 0 aliphatic heterocycles. The molecule has 0 saturated heterocycles. The molecule has 1 aromatic heterocycles. The van der Waals surface area contributed by atoms with Gasteiger partial charge in [-0.25, -0.2) is 4.98 Å². The lowest BCUT2D eigenvalue weighted by Crippen LogP contribution is -2.46. The summed E-state index contributed by atoms with van der Waals surface area (Å²) in [4.78, 5) is 33.1. The average Bonchev–Trinajstić information content (AvgIpc) is 2.95. The summed E-state index contributed by atoms with van der Waals surface area (Å²) < 4.78 is 0. The Bertz CT molecular complexity index is 646. The average molecular weight is 288 g/mol. The zero-order valence-electron chi connectivity index (χ0n) is 12.5. The third-order valence-corrected chi connectivity index (χ3v) is 3.48. The van der Waals surface area contributed by atoms with Crippen LogP contribution in [0.5, 0.6) is 0 Å².